The third kappa shape index (κ3) is 3.53. The normalized spacial score (nSPS) is 15.7. The molecule has 0 aliphatic heterocycles. The van der Waals surface area contributed by atoms with Gasteiger partial charge in [-0.15, -0.1) is 5.10 Å². The molecule has 0 spiro atoms. The van der Waals surface area contributed by atoms with Crippen LogP contribution in [0.25, 0.3) is 0 Å². The summed E-state index contributed by atoms with van der Waals surface area (Å²) in [6, 6.07) is 0. The van der Waals surface area contributed by atoms with Crippen molar-refractivity contribution in [3.05, 3.63) is 11.9 Å². The summed E-state index contributed by atoms with van der Waals surface area (Å²) in [5.74, 6) is 0. The quantitative estimate of drug-likeness (QED) is 0.846. The van der Waals surface area contributed by atoms with Crippen molar-refractivity contribution in [2.75, 3.05) is 6.61 Å². The van der Waals surface area contributed by atoms with E-state index < -0.39 is 6.10 Å². The summed E-state index contributed by atoms with van der Waals surface area (Å²) in [6.45, 7) is 11.5. The molecule has 0 aromatic carbocycles. The lowest BCUT2D eigenvalue weighted by atomic mass is 9.84. The zero-order valence-electron chi connectivity index (χ0n) is 12.1. The molecule has 1 aromatic rings. The van der Waals surface area contributed by atoms with Gasteiger partial charge in [-0.05, 0) is 18.8 Å². The van der Waals surface area contributed by atoms with E-state index in [-0.39, 0.29) is 11.5 Å². The zero-order valence-corrected chi connectivity index (χ0v) is 12.1. The number of aliphatic hydroxyl groups is 1. The van der Waals surface area contributed by atoms with E-state index in [0.717, 1.165) is 18.7 Å². The van der Waals surface area contributed by atoms with Crippen LogP contribution in [0, 0.1) is 5.41 Å². The first-order valence-corrected chi connectivity index (χ1v) is 6.59. The van der Waals surface area contributed by atoms with Gasteiger partial charge >= 0.3 is 0 Å². The molecule has 18 heavy (non-hydrogen) atoms. The molecule has 0 amide bonds. The Kier molecular flexibility index (Phi) is 5.28. The Morgan fingerprint density at radius 1 is 1.39 bits per heavy atom. The maximum absolute atomic E-state index is 10.5. The highest BCUT2D eigenvalue weighted by atomic mass is 16.5. The van der Waals surface area contributed by atoms with Gasteiger partial charge in [0.1, 0.15) is 6.10 Å². The minimum atomic E-state index is -0.702. The van der Waals surface area contributed by atoms with Crippen molar-refractivity contribution in [1.82, 2.24) is 15.0 Å². The predicted octanol–water partition coefficient (Wildman–Crippen LogP) is 2.17. The highest BCUT2D eigenvalue weighted by Gasteiger charge is 2.34. The summed E-state index contributed by atoms with van der Waals surface area (Å²) in [4.78, 5) is 0. The fourth-order valence-electron chi connectivity index (χ4n) is 2.03. The molecule has 0 fully saturated rings. The van der Waals surface area contributed by atoms with E-state index in [2.05, 4.69) is 38.0 Å². The van der Waals surface area contributed by atoms with Gasteiger partial charge in [0, 0.05) is 13.2 Å². The van der Waals surface area contributed by atoms with Gasteiger partial charge in [-0.25, -0.2) is 4.68 Å². The summed E-state index contributed by atoms with van der Waals surface area (Å²) in [5.41, 5.74) is 0.585. The molecule has 0 saturated carbocycles. The van der Waals surface area contributed by atoms with Crippen LogP contribution < -0.4 is 0 Å². The maximum Gasteiger partial charge on any atom is 0.124 e. The van der Waals surface area contributed by atoms with E-state index in [1.165, 1.54) is 0 Å². The summed E-state index contributed by atoms with van der Waals surface area (Å²) in [5, 5.41) is 18.4. The standard InChI is InChI=1S/C13H25N3O2/c1-6-8-16-10(9-14-15-16)11(17)12(18-7-2)13(3,4)5/h9,11-12,17H,6-8H2,1-5H3. The first-order valence-electron chi connectivity index (χ1n) is 6.59. The molecule has 1 N–H and O–H groups in total. The summed E-state index contributed by atoms with van der Waals surface area (Å²) in [6.07, 6.45) is 1.61. The first-order chi connectivity index (χ1) is 8.41. The highest BCUT2D eigenvalue weighted by Crippen LogP contribution is 2.32. The molecule has 1 aromatic heterocycles. The van der Waals surface area contributed by atoms with Crippen LogP contribution in [0.5, 0.6) is 0 Å². The molecule has 2 atom stereocenters. The molecular formula is C13H25N3O2. The second kappa shape index (κ2) is 6.29. The molecule has 0 aliphatic rings. The molecule has 0 radical (unpaired) electrons. The van der Waals surface area contributed by atoms with Crippen molar-refractivity contribution < 1.29 is 9.84 Å². The van der Waals surface area contributed by atoms with Crippen LogP contribution >= 0.6 is 0 Å². The fraction of sp³-hybridized carbons (Fsp3) is 0.846. The Bertz CT molecular complexity index is 357. The SMILES string of the molecule is CCCn1nncc1C(O)C(OCC)C(C)(C)C. The van der Waals surface area contributed by atoms with Crippen LogP contribution in [0.3, 0.4) is 0 Å². The second-order valence-electron chi connectivity index (χ2n) is 5.57. The lowest BCUT2D eigenvalue weighted by Crippen LogP contribution is -2.36. The number of aliphatic hydroxyl groups excluding tert-OH is 1. The topological polar surface area (TPSA) is 60.2 Å². The number of nitrogens with zero attached hydrogens (tertiary/aromatic N) is 3. The average molecular weight is 255 g/mol. The number of ether oxygens (including phenoxy) is 1. The molecular weight excluding hydrogens is 230 g/mol. The molecule has 5 heteroatoms. The van der Waals surface area contributed by atoms with Crippen molar-refractivity contribution in [3.8, 4) is 0 Å². The van der Waals surface area contributed by atoms with Gasteiger partial charge in [0.2, 0.25) is 0 Å². The monoisotopic (exact) mass is 255 g/mol. The predicted molar refractivity (Wildman–Crippen MR) is 70.1 cm³/mol. The minimum Gasteiger partial charge on any atom is -0.384 e. The van der Waals surface area contributed by atoms with Gasteiger partial charge in [-0.2, -0.15) is 0 Å². The van der Waals surface area contributed by atoms with E-state index in [1.54, 1.807) is 10.9 Å². The van der Waals surface area contributed by atoms with Crippen molar-refractivity contribution >= 4 is 0 Å². The molecule has 0 saturated heterocycles. The van der Waals surface area contributed by atoms with Crippen LogP contribution in [0.15, 0.2) is 6.20 Å². The zero-order chi connectivity index (χ0) is 13.8. The fourth-order valence-corrected chi connectivity index (χ4v) is 2.03. The Labute approximate surface area is 109 Å². The number of aromatic nitrogens is 3. The molecule has 1 rings (SSSR count). The largest absolute Gasteiger partial charge is 0.384 e. The van der Waals surface area contributed by atoms with Gasteiger partial charge in [0.25, 0.3) is 0 Å². The van der Waals surface area contributed by atoms with Crippen LogP contribution in [0.4, 0.5) is 0 Å². The minimum absolute atomic E-state index is 0.142. The molecule has 0 aliphatic carbocycles. The Morgan fingerprint density at radius 3 is 2.56 bits per heavy atom. The summed E-state index contributed by atoms with van der Waals surface area (Å²) in [7, 11) is 0. The first kappa shape index (κ1) is 15.1. The lowest BCUT2D eigenvalue weighted by Gasteiger charge is -2.34. The van der Waals surface area contributed by atoms with Gasteiger partial charge in [-0.1, -0.05) is 32.9 Å². The molecule has 2 unspecified atom stereocenters. The van der Waals surface area contributed by atoms with Gasteiger partial charge < -0.3 is 9.84 Å². The Balaban J connectivity index is 2.94. The van der Waals surface area contributed by atoms with Gasteiger partial charge in [0.15, 0.2) is 0 Å². The van der Waals surface area contributed by atoms with E-state index in [1.807, 2.05) is 6.92 Å². The van der Waals surface area contributed by atoms with Gasteiger partial charge in [-0.3, -0.25) is 0 Å². The third-order valence-electron chi connectivity index (χ3n) is 2.87. The highest BCUT2D eigenvalue weighted by molar-refractivity contribution is 5.04. The average Bonchev–Trinajstić information content (AvgIpc) is 2.72. The summed E-state index contributed by atoms with van der Waals surface area (Å²) >= 11 is 0. The number of hydrogen-bond donors (Lipinski definition) is 1. The second-order valence-corrected chi connectivity index (χ2v) is 5.57. The molecule has 0 bridgehead atoms. The number of rotatable bonds is 6. The van der Waals surface area contributed by atoms with Crippen molar-refractivity contribution in [2.45, 2.75) is 59.8 Å². The van der Waals surface area contributed by atoms with E-state index >= 15 is 0 Å². The lowest BCUT2D eigenvalue weighted by molar-refractivity contribution is -0.0926. The van der Waals surface area contributed by atoms with Crippen LogP contribution in [-0.4, -0.2) is 32.8 Å². The molecule has 5 nitrogen and oxygen atoms in total. The van der Waals surface area contributed by atoms with Gasteiger partial charge in [0.05, 0.1) is 18.0 Å². The van der Waals surface area contributed by atoms with Crippen LogP contribution in [0.2, 0.25) is 0 Å². The molecule has 1 heterocycles. The van der Waals surface area contributed by atoms with Crippen LogP contribution in [0.1, 0.15) is 52.8 Å². The Hall–Kier alpha value is -0.940. The van der Waals surface area contributed by atoms with Crippen LogP contribution in [-0.2, 0) is 11.3 Å². The van der Waals surface area contributed by atoms with Crippen molar-refractivity contribution in [1.29, 1.82) is 0 Å². The summed E-state index contributed by atoms with van der Waals surface area (Å²) < 4.78 is 7.46. The number of hydrogen-bond acceptors (Lipinski definition) is 4. The van der Waals surface area contributed by atoms with E-state index in [4.69, 9.17) is 4.74 Å². The van der Waals surface area contributed by atoms with Crippen molar-refractivity contribution in [3.63, 3.8) is 0 Å². The van der Waals surface area contributed by atoms with E-state index in [0.29, 0.717) is 6.61 Å². The Morgan fingerprint density at radius 2 is 2.06 bits per heavy atom. The van der Waals surface area contributed by atoms with E-state index in [9.17, 15) is 5.11 Å². The maximum atomic E-state index is 10.5. The molecule has 104 valence electrons. The smallest absolute Gasteiger partial charge is 0.124 e. The third-order valence-corrected chi connectivity index (χ3v) is 2.87. The van der Waals surface area contributed by atoms with Crippen molar-refractivity contribution in [2.24, 2.45) is 5.41 Å². The number of aryl methyl sites for hydroxylation is 1.